The molecule has 0 fully saturated rings. The van der Waals surface area contributed by atoms with E-state index in [2.05, 4.69) is 47.8 Å². The highest BCUT2D eigenvalue weighted by Gasteiger charge is 2.02. The summed E-state index contributed by atoms with van der Waals surface area (Å²) < 4.78 is 0. The first-order chi connectivity index (χ1) is 10.7. The third-order valence-corrected chi connectivity index (χ3v) is 4.51. The molecule has 3 heteroatoms. The average Bonchev–Trinajstić information content (AvgIpc) is 2.54. The highest BCUT2D eigenvalue weighted by Crippen LogP contribution is 2.28. The Morgan fingerprint density at radius 1 is 0.955 bits per heavy atom. The van der Waals surface area contributed by atoms with Gasteiger partial charge < -0.3 is 5.32 Å². The summed E-state index contributed by atoms with van der Waals surface area (Å²) >= 11 is 1.80. The molecular weight excluding hydrogens is 290 g/mol. The molecule has 0 aliphatic rings. The lowest BCUT2D eigenvalue weighted by molar-refractivity contribution is -0.114. The molecule has 0 unspecified atom stereocenters. The van der Waals surface area contributed by atoms with Crippen LogP contribution in [0.5, 0.6) is 0 Å². The molecule has 0 bridgehead atoms. The van der Waals surface area contributed by atoms with E-state index in [4.69, 9.17) is 0 Å². The number of hydrogen-bond acceptors (Lipinski definition) is 2. The maximum absolute atomic E-state index is 11.0. The molecule has 0 atom stereocenters. The fourth-order valence-corrected chi connectivity index (χ4v) is 3.32. The van der Waals surface area contributed by atoms with E-state index < -0.39 is 0 Å². The zero-order valence-electron chi connectivity index (χ0n) is 12.4. The van der Waals surface area contributed by atoms with Crippen molar-refractivity contribution in [1.29, 1.82) is 0 Å². The summed E-state index contributed by atoms with van der Waals surface area (Å²) in [7, 11) is 0. The molecule has 22 heavy (non-hydrogen) atoms. The van der Waals surface area contributed by atoms with Crippen molar-refractivity contribution in [2.24, 2.45) is 0 Å². The quantitative estimate of drug-likeness (QED) is 0.680. The van der Waals surface area contributed by atoms with Gasteiger partial charge in [0.25, 0.3) is 0 Å². The fourth-order valence-electron chi connectivity index (χ4n) is 2.42. The van der Waals surface area contributed by atoms with Crippen LogP contribution in [0.1, 0.15) is 12.5 Å². The predicted molar refractivity (Wildman–Crippen MR) is 94.3 cm³/mol. The summed E-state index contributed by atoms with van der Waals surface area (Å²) in [6, 6.07) is 22.9. The van der Waals surface area contributed by atoms with Crippen LogP contribution in [-0.4, -0.2) is 5.91 Å². The summed E-state index contributed by atoms with van der Waals surface area (Å²) in [5.41, 5.74) is 2.18. The SMILES string of the molecule is CC(=O)Nc1ccc(SCc2cccc3ccccc23)cc1. The Kier molecular flexibility index (Phi) is 4.45. The highest BCUT2D eigenvalue weighted by molar-refractivity contribution is 7.98. The van der Waals surface area contributed by atoms with Gasteiger partial charge >= 0.3 is 0 Å². The van der Waals surface area contributed by atoms with Gasteiger partial charge in [0.15, 0.2) is 0 Å². The number of rotatable bonds is 4. The zero-order chi connectivity index (χ0) is 15.4. The van der Waals surface area contributed by atoms with E-state index in [1.807, 2.05) is 24.3 Å². The summed E-state index contributed by atoms with van der Waals surface area (Å²) in [6.07, 6.45) is 0. The molecule has 110 valence electrons. The largest absolute Gasteiger partial charge is 0.326 e. The summed E-state index contributed by atoms with van der Waals surface area (Å²) in [6.45, 7) is 1.52. The van der Waals surface area contributed by atoms with Crippen LogP contribution in [-0.2, 0) is 10.5 Å². The van der Waals surface area contributed by atoms with Crippen molar-refractivity contribution >= 4 is 34.1 Å². The lowest BCUT2D eigenvalue weighted by Crippen LogP contribution is -2.05. The average molecular weight is 307 g/mol. The van der Waals surface area contributed by atoms with Gasteiger partial charge in [0.05, 0.1) is 0 Å². The highest BCUT2D eigenvalue weighted by atomic mass is 32.2. The van der Waals surface area contributed by atoms with E-state index in [1.54, 1.807) is 11.8 Å². The predicted octanol–water partition coefficient (Wildman–Crippen LogP) is 5.09. The first-order valence-corrected chi connectivity index (χ1v) is 8.18. The maximum Gasteiger partial charge on any atom is 0.221 e. The minimum Gasteiger partial charge on any atom is -0.326 e. The number of fused-ring (bicyclic) bond motifs is 1. The molecule has 0 radical (unpaired) electrons. The molecule has 0 saturated carbocycles. The van der Waals surface area contributed by atoms with Gasteiger partial charge in [-0.25, -0.2) is 0 Å². The van der Waals surface area contributed by atoms with Gasteiger partial charge in [0.2, 0.25) is 5.91 Å². The molecule has 0 saturated heterocycles. The van der Waals surface area contributed by atoms with Gasteiger partial charge in [0.1, 0.15) is 0 Å². The lowest BCUT2D eigenvalue weighted by Gasteiger charge is -2.07. The molecule has 3 aromatic carbocycles. The van der Waals surface area contributed by atoms with Crippen LogP contribution in [0.15, 0.2) is 71.6 Å². The third-order valence-electron chi connectivity index (χ3n) is 3.45. The maximum atomic E-state index is 11.0. The number of thioether (sulfide) groups is 1. The molecule has 1 N–H and O–H groups in total. The number of hydrogen-bond donors (Lipinski definition) is 1. The van der Waals surface area contributed by atoms with E-state index in [9.17, 15) is 4.79 Å². The topological polar surface area (TPSA) is 29.1 Å². The van der Waals surface area contributed by atoms with Crippen molar-refractivity contribution in [3.63, 3.8) is 0 Å². The fraction of sp³-hybridized carbons (Fsp3) is 0.105. The number of amides is 1. The first kappa shape index (κ1) is 14.7. The number of anilines is 1. The van der Waals surface area contributed by atoms with Crippen LogP contribution in [0, 0.1) is 0 Å². The number of carbonyl (C=O) groups is 1. The minimum atomic E-state index is -0.0452. The summed E-state index contributed by atoms with van der Waals surface area (Å²) in [5.74, 6) is 0.886. The number of nitrogens with one attached hydrogen (secondary N) is 1. The third kappa shape index (κ3) is 3.49. The van der Waals surface area contributed by atoms with Gasteiger partial charge in [-0.05, 0) is 40.6 Å². The van der Waals surface area contributed by atoms with Crippen LogP contribution >= 0.6 is 11.8 Å². The van der Waals surface area contributed by atoms with E-state index in [0.717, 1.165) is 11.4 Å². The van der Waals surface area contributed by atoms with Crippen LogP contribution in [0.2, 0.25) is 0 Å². The molecule has 1 amide bonds. The number of carbonyl (C=O) groups excluding carboxylic acids is 1. The van der Waals surface area contributed by atoms with Gasteiger partial charge in [-0.2, -0.15) is 0 Å². The van der Waals surface area contributed by atoms with Gasteiger partial charge in [0, 0.05) is 23.3 Å². The second kappa shape index (κ2) is 6.67. The molecule has 3 rings (SSSR count). The summed E-state index contributed by atoms with van der Waals surface area (Å²) in [4.78, 5) is 12.2. The second-order valence-electron chi connectivity index (χ2n) is 5.13. The van der Waals surface area contributed by atoms with Crippen LogP contribution < -0.4 is 5.32 Å². The smallest absolute Gasteiger partial charge is 0.221 e. The Morgan fingerprint density at radius 2 is 1.68 bits per heavy atom. The van der Waals surface area contributed by atoms with Crippen molar-refractivity contribution in [3.8, 4) is 0 Å². The Hall–Kier alpha value is -2.26. The normalized spacial score (nSPS) is 10.6. The Bertz CT molecular complexity index is 791. The Labute approximate surface area is 134 Å². The molecule has 0 heterocycles. The molecule has 0 spiro atoms. The standard InChI is InChI=1S/C19H17NOS/c1-14(21)20-17-9-11-18(12-10-17)22-13-16-7-4-6-15-5-2-3-8-19(15)16/h2-12H,13H2,1H3,(H,20,21). The van der Waals surface area contributed by atoms with Crippen molar-refractivity contribution < 1.29 is 4.79 Å². The van der Waals surface area contributed by atoms with E-state index >= 15 is 0 Å². The van der Waals surface area contributed by atoms with E-state index in [1.165, 1.54) is 28.2 Å². The number of benzene rings is 3. The second-order valence-corrected chi connectivity index (χ2v) is 6.18. The minimum absolute atomic E-state index is 0.0452. The van der Waals surface area contributed by atoms with E-state index in [0.29, 0.717) is 0 Å². The molecule has 2 nitrogen and oxygen atoms in total. The zero-order valence-corrected chi connectivity index (χ0v) is 13.2. The van der Waals surface area contributed by atoms with Crippen molar-refractivity contribution in [2.75, 3.05) is 5.32 Å². The Morgan fingerprint density at radius 3 is 2.45 bits per heavy atom. The molecule has 0 aliphatic carbocycles. The van der Waals surface area contributed by atoms with Crippen molar-refractivity contribution in [1.82, 2.24) is 0 Å². The lowest BCUT2D eigenvalue weighted by atomic mass is 10.1. The van der Waals surface area contributed by atoms with Crippen molar-refractivity contribution in [3.05, 3.63) is 72.3 Å². The van der Waals surface area contributed by atoms with Gasteiger partial charge in [-0.15, -0.1) is 11.8 Å². The Balaban J connectivity index is 1.72. The summed E-state index contributed by atoms with van der Waals surface area (Å²) in [5, 5.41) is 5.37. The van der Waals surface area contributed by atoms with Crippen molar-refractivity contribution in [2.45, 2.75) is 17.6 Å². The van der Waals surface area contributed by atoms with Gasteiger partial charge in [-0.3, -0.25) is 4.79 Å². The van der Waals surface area contributed by atoms with E-state index in [-0.39, 0.29) is 5.91 Å². The first-order valence-electron chi connectivity index (χ1n) is 7.19. The monoisotopic (exact) mass is 307 g/mol. The van der Waals surface area contributed by atoms with Crippen LogP contribution in [0.25, 0.3) is 10.8 Å². The molecule has 3 aromatic rings. The van der Waals surface area contributed by atoms with Crippen LogP contribution in [0.4, 0.5) is 5.69 Å². The molecule has 0 aliphatic heterocycles. The molecule has 0 aromatic heterocycles. The van der Waals surface area contributed by atoms with Gasteiger partial charge in [-0.1, -0.05) is 42.5 Å². The van der Waals surface area contributed by atoms with Crippen LogP contribution in [0.3, 0.4) is 0 Å². The molecular formula is C19H17NOS.